The molecule has 1 unspecified atom stereocenters. The van der Waals surface area contributed by atoms with E-state index in [2.05, 4.69) is 43.1 Å². The van der Waals surface area contributed by atoms with Crippen molar-refractivity contribution in [2.45, 2.75) is 43.5 Å². The molecule has 1 saturated heterocycles. The Morgan fingerprint density at radius 3 is 2.65 bits per heavy atom. The van der Waals surface area contributed by atoms with Crippen LogP contribution in [0.3, 0.4) is 0 Å². The Labute approximate surface area is 110 Å². The lowest BCUT2D eigenvalue weighted by atomic mass is 10.2. The SMILES string of the molecule is CCc1ccc(SCCC2CCCN2C)cc1. The minimum Gasteiger partial charge on any atom is -0.303 e. The van der Waals surface area contributed by atoms with Crippen molar-refractivity contribution in [3.05, 3.63) is 29.8 Å². The molecule has 0 spiro atoms. The van der Waals surface area contributed by atoms with Crippen LogP contribution in [0.15, 0.2) is 29.2 Å². The number of aryl methyl sites for hydroxylation is 1. The van der Waals surface area contributed by atoms with Gasteiger partial charge in [0.05, 0.1) is 0 Å². The van der Waals surface area contributed by atoms with E-state index in [-0.39, 0.29) is 0 Å². The number of hydrogen-bond donors (Lipinski definition) is 0. The van der Waals surface area contributed by atoms with E-state index in [0.29, 0.717) is 0 Å². The van der Waals surface area contributed by atoms with Crippen LogP contribution in [0.2, 0.25) is 0 Å². The van der Waals surface area contributed by atoms with Gasteiger partial charge < -0.3 is 4.90 Å². The maximum Gasteiger partial charge on any atom is 0.0101 e. The minimum atomic E-state index is 0.831. The van der Waals surface area contributed by atoms with Crippen molar-refractivity contribution in [3.8, 4) is 0 Å². The van der Waals surface area contributed by atoms with Gasteiger partial charge in [-0.25, -0.2) is 0 Å². The van der Waals surface area contributed by atoms with Crippen molar-refractivity contribution in [2.24, 2.45) is 0 Å². The fourth-order valence-electron chi connectivity index (χ4n) is 2.48. The van der Waals surface area contributed by atoms with E-state index < -0.39 is 0 Å². The standard InChI is InChI=1S/C15H23NS/c1-3-13-6-8-15(9-7-13)17-12-10-14-5-4-11-16(14)2/h6-9,14H,3-5,10-12H2,1-2H3. The van der Waals surface area contributed by atoms with Crippen LogP contribution in [-0.2, 0) is 6.42 Å². The predicted octanol–water partition coefficient (Wildman–Crippen LogP) is 3.83. The molecule has 94 valence electrons. The fraction of sp³-hybridized carbons (Fsp3) is 0.600. The van der Waals surface area contributed by atoms with Gasteiger partial charge >= 0.3 is 0 Å². The summed E-state index contributed by atoms with van der Waals surface area (Å²) in [5, 5.41) is 0. The summed E-state index contributed by atoms with van der Waals surface area (Å²) >= 11 is 2.00. The maximum atomic E-state index is 2.51. The molecule has 1 heterocycles. The summed E-state index contributed by atoms with van der Waals surface area (Å²) in [7, 11) is 2.26. The summed E-state index contributed by atoms with van der Waals surface area (Å²) in [6, 6.07) is 9.87. The van der Waals surface area contributed by atoms with Gasteiger partial charge in [-0.3, -0.25) is 0 Å². The van der Waals surface area contributed by atoms with Gasteiger partial charge in [0.15, 0.2) is 0 Å². The lowest BCUT2D eigenvalue weighted by Gasteiger charge is -2.18. The van der Waals surface area contributed by atoms with Gasteiger partial charge in [0.2, 0.25) is 0 Å². The smallest absolute Gasteiger partial charge is 0.0101 e. The molecule has 0 bridgehead atoms. The molecule has 1 aromatic carbocycles. The lowest BCUT2D eigenvalue weighted by Crippen LogP contribution is -2.25. The monoisotopic (exact) mass is 249 g/mol. The van der Waals surface area contributed by atoms with E-state index in [1.165, 1.54) is 42.0 Å². The third-order valence-electron chi connectivity index (χ3n) is 3.72. The summed E-state index contributed by atoms with van der Waals surface area (Å²) < 4.78 is 0. The molecule has 0 aliphatic carbocycles. The average Bonchev–Trinajstić information content (AvgIpc) is 2.76. The second-order valence-electron chi connectivity index (χ2n) is 4.91. The third kappa shape index (κ3) is 3.75. The first-order chi connectivity index (χ1) is 8.29. The van der Waals surface area contributed by atoms with E-state index in [1.54, 1.807) is 0 Å². The van der Waals surface area contributed by atoms with Crippen molar-refractivity contribution in [2.75, 3.05) is 19.3 Å². The van der Waals surface area contributed by atoms with Crippen molar-refractivity contribution < 1.29 is 0 Å². The van der Waals surface area contributed by atoms with Gasteiger partial charge in [-0.05, 0) is 62.7 Å². The molecule has 1 aliphatic heterocycles. The molecule has 17 heavy (non-hydrogen) atoms. The van der Waals surface area contributed by atoms with Gasteiger partial charge in [-0.2, -0.15) is 0 Å². The van der Waals surface area contributed by atoms with Crippen molar-refractivity contribution in [3.63, 3.8) is 0 Å². The summed E-state index contributed by atoms with van der Waals surface area (Å²) in [6.45, 7) is 3.50. The van der Waals surface area contributed by atoms with Gasteiger partial charge in [0.25, 0.3) is 0 Å². The Balaban J connectivity index is 1.73. The van der Waals surface area contributed by atoms with Gasteiger partial charge in [0.1, 0.15) is 0 Å². The molecule has 1 aromatic rings. The molecule has 1 nitrogen and oxygen atoms in total. The molecule has 0 radical (unpaired) electrons. The molecular weight excluding hydrogens is 226 g/mol. The zero-order chi connectivity index (χ0) is 12.1. The highest BCUT2D eigenvalue weighted by Crippen LogP contribution is 2.24. The van der Waals surface area contributed by atoms with E-state index in [4.69, 9.17) is 0 Å². The van der Waals surface area contributed by atoms with Crippen LogP contribution in [0, 0.1) is 0 Å². The van der Waals surface area contributed by atoms with Crippen LogP contribution >= 0.6 is 11.8 Å². The number of likely N-dealkylation sites (tertiary alicyclic amines) is 1. The van der Waals surface area contributed by atoms with Crippen LogP contribution in [-0.4, -0.2) is 30.3 Å². The normalized spacial score (nSPS) is 20.9. The zero-order valence-corrected chi connectivity index (χ0v) is 11.8. The van der Waals surface area contributed by atoms with E-state index in [9.17, 15) is 0 Å². The second-order valence-corrected chi connectivity index (χ2v) is 6.08. The number of benzene rings is 1. The number of rotatable bonds is 5. The van der Waals surface area contributed by atoms with Gasteiger partial charge in [-0.15, -0.1) is 11.8 Å². The van der Waals surface area contributed by atoms with Crippen LogP contribution in [0.5, 0.6) is 0 Å². The largest absolute Gasteiger partial charge is 0.303 e. The summed E-state index contributed by atoms with van der Waals surface area (Å²) in [5.74, 6) is 1.25. The molecule has 1 fully saturated rings. The number of nitrogens with zero attached hydrogens (tertiary/aromatic N) is 1. The first kappa shape index (κ1) is 13.0. The maximum absolute atomic E-state index is 2.51. The molecule has 1 aliphatic rings. The van der Waals surface area contributed by atoms with Gasteiger partial charge in [-0.1, -0.05) is 19.1 Å². The summed E-state index contributed by atoms with van der Waals surface area (Å²) in [5.41, 5.74) is 1.44. The quantitative estimate of drug-likeness (QED) is 0.730. The predicted molar refractivity (Wildman–Crippen MR) is 76.8 cm³/mol. The van der Waals surface area contributed by atoms with E-state index in [1.807, 2.05) is 11.8 Å². The Kier molecular flexibility index (Phi) is 4.93. The molecular formula is C15H23NS. The molecule has 2 heteroatoms. The average molecular weight is 249 g/mol. The molecule has 0 amide bonds. The third-order valence-corrected chi connectivity index (χ3v) is 4.77. The fourth-order valence-corrected chi connectivity index (χ4v) is 3.43. The van der Waals surface area contributed by atoms with Crippen LogP contribution in [0.1, 0.15) is 31.7 Å². The molecule has 1 atom stereocenters. The van der Waals surface area contributed by atoms with Crippen LogP contribution < -0.4 is 0 Å². The Morgan fingerprint density at radius 1 is 1.29 bits per heavy atom. The Bertz CT molecular complexity index is 333. The first-order valence-corrected chi connectivity index (χ1v) is 7.70. The second kappa shape index (κ2) is 6.46. The highest BCUT2D eigenvalue weighted by Gasteiger charge is 2.19. The van der Waals surface area contributed by atoms with E-state index >= 15 is 0 Å². The summed E-state index contributed by atoms with van der Waals surface area (Å²) in [4.78, 5) is 3.93. The molecule has 2 rings (SSSR count). The van der Waals surface area contributed by atoms with Gasteiger partial charge in [0, 0.05) is 10.9 Å². The lowest BCUT2D eigenvalue weighted by molar-refractivity contribution is 0.305. The summed E-state index contributed by atoms with van der Waals surface area (Å²) in [6.07, 6.45) is 5.25. The van der Waals surface area contributed by atoms with Crippen molar-refractivity contribution >= 4 is 11.8 Å². The van der Waals surface area contributed by atoms with E-state index in [0.717, 1.165) is 12.5 Å². The zero-order valence-electron chi connectivity index (χ0n) is 11.0. The topological polar surface area (TPSA) is 3.24 Å². The number of hydrogen-bond acceptors (Lipinski definition) is 2. The Hall–Kier alpha value is -0.470. The number of thioether (sulfide) groups is 1. The first-order valence-electron chi connectivity index (χ1n) is 6.71. The molecule has 0 aromatic heterocycles. The highest BCUT2D eigenvalue weighted by molar-refractivity contribution is 7.99. The highest BCUT2D eigenvalue weighted by atomic mass is 32.2. The molecule has 0 saturated carbocycles. The van der Waals surface area contributed by atoms with Crippen molar-refractivity contribution in [1.29, 1.82) is 0 Å². The Morgan fingerprint density at radius 2 is 2.06 bits per heavy atom. The van der Waals surface area contributed by atoms with Crippen LogP contribution in [0.4, 0.5) is 0 Å². The molecule has 0 N–H and O–H groups in total. The minimum absolute atomic E-state index is 0.831. The van der Waals surface area contributed by atoms with Crippen molar-refractivity contribution in [1.82, 2.24) is 4.90 Å². The van der Waals surface area contributed by atoms with Crippen LogP contribution in [0.25, 0.3) is 0 Å².